The summed E-state index contributed by atoms with van der Waals surface area (Å²) in [7, 11) is -4.64. The molecule has 10 N–H and O–H groups in total. The summed E-state index contributed by atoms with van der Waals surface area (Å²) in [4.78, 5) is 49.8. The SMILES string of the molecule is NCCC[C@H](N)C(=O)O.O=C(O)C(=O)O.O=P(O)(O)O. The molecule has 0 aliphatic rings. The maximum absolute atomic E-state index is 10.0. The van der Waals surface area contributed by atoms with Crippen molar-refractivity contribution in [1.82, 2.24) is 0 Å². The van der Waals surface area contributed by atoms with Crippen LogP contribution in [-0.4, -0.2) is 60.5 Å². The summed E-state index contributed by atoms with van der Waals surface area (Å²) in [6, 6.07) is -0.742. The lowest BCUT2D eigenvalue weighted by Crippen LogP contribution is -2.30. The molecule has 0 fully saturated rings. The zero-order valence-corrected chi connectivity index (χ0v) is 11.0. The lowest BCUT2D eigenvalue weighted by Gasteiger charge is -2.02. The van der Waals surface area contributed by atoms with E-state index in [1.54, 1.807) is 0 Å². The summed E-state index contributed by atoms with van der Waals surface area (Å²) in [6.45, 7) is 0.501. The molecule has 0 heterocycles. The third-order valence-electron chi connectivity index (χ3n) is 1.22. The van der Waals surface area contributed by atoms with Gasteiger partial charge in [-0.25, -0.2) is 14.2 Å². The topological polar surface area (TPSA) is 242 Å². The van der Waals surface area contributed by atoms with Crippen LogP contribution in [0.1, 0.15) is 12.8 Å². The molecule has 0 aromatic carbocycles. The van der Waals surface area contributed by atoms with E-state index in [-0.39, 0.29) is 0 Å². The van der Waals surface area contributed by atoms with E-state index < -0.39 is 31.8 Å². The Labute approximate surface area is 112 Å². The van der Waals surface area contributed by atoms with Crippen molar-refractivity contribution in [2.24, 2.45) is 11.5 Å². The van der Waals surface area contributed by atoms with Crippen LogP contribution in [0.4, 0.5) is 0 Å². The number of carboxylic acids is 3. The quantitative estimate of drug-likeness (QED) is 0.196. The van der Waals surface area contributed by atoms with Crippen molar-refractivity contribution < 1.29 is 48.9 Å². The highest BCUT2D eigenvalue weighted by Gasteiger charge is 2.08. The zero-order chi connectivity index (χ0) is 16.9. The van der Waals surface area contributed by atoms with Crippen molar-refractivity contribution in [1.29, 1.82) is 0 Å². The average Bonchev–Trinajstić information content (AvgIpc) is 2.23. The van der Waals surface area contributed by atoms with E-state index in [1.165, 1.54) is 0 Å². The Morgan fingerprint density at radius 1 is 1.00 bits per heavy atom. The van der Waals surface area contributed by atoms with Gasteiger partial charge in [0.1, 0.15) is 6.04 Å². The number of carboxylic acid groups (broad SMARTS) is 3. The van der Waals surface area contributed by atoms with Gasteiger partial charge < -0.3 is 41.5 Å². The number of aliphatic carboxylic acids is 3. The van der Waals surface area contributed by atoms with E-state index in [4.69, 9.17) is 55.6 Å². The Morgan fingerprint density at radius 2 is 1.30 bits per heavy atom. The minimum absolute atomic E-state index is 0.464. The Morgan fingerprint density at radius 3 is 1.45 bits per heavy atom. The molecule has 0 aromatic rings. The van der Waals surface area contributed by atoms with Crippen LogP contribution in [0.2, 0.25) is 0 Å². The fourth-order valence-electron chi connectivity index (χ4n) is 0.461. The maximum atomic E-state index is 10.0. The van der Waals surface area contributed by atoms with Crippen molar-refractivity contribution in [2.75, 3.05) is 6.54 Å². The first-order valence-corrected chi connectivity index (χ1v) is 6.32. The van der Waals surface area contributed by atoms with E-state index in [1.807, 2.05) is 0 Å². The van der Waals surface area contributed by atoms with Crippen LogP contribution < -0.4 is 11.5 Å². The average molecular weight is 320 g/mol. The van der Waals surface area contributed by atoms with Crippen LogP contribution in [-0.2, 0) is 18.9 Å². The fourth-order valence-corrected chi connectivity index (χ4v) is 0.461. The van der Waals surface area contributed by atoms with Gasteiger partial charge in [0.2, 0.25) is 0 Å². The second kappa shape index (κ2) is 12.5. The predicted octanol–water partition coefficient (Wildman–Crippen LogP) is -2.64. The van der Waals surface area contributed by atoms with Crippen LogP contribution >= 0.6 is 7.82 Å². The van der Waals surface area contributed by atoms with Gasteiger partial charge in [-0.2, -0.15) is 0 Å². The van der Waals surface area contributed by atoms with Gasteiger partial charge in [0.05, 0.1) is 0 Å². The van der Waals surface area contributed by atoms with Gasteiger partial charge in [-0.3, -0.25) is 4.79 Å². The number of nitrogens with two attached hydrogens (primary N) is 2. The van der Waals surface area contributed by atoms with E-state index in [2.05, 4.69) is 0 Å². The van der Waals surface area contributed by atoms with Crippen molar-refractivity contribution in [2.45, 2.75) is 18.9 Å². The molecule has 0 saturated heterocycles. The van der Waals surface area contributed by atoms with Crippen LogP contribution in [0.15, 0.2) is 0 Å². The highest BCUT2D eigenvalue weighted by atomic mass is 31.2. The Kier molecular flexibility index (Phi) is 14.7. The number of rotatable bonds is 4. The highest BCUT2D eigenvalue weighted by molar-refractivity contribution is 7.45. The lowest BCUT2D eigenvalue weighted by atomic mass is 10.2. The normalized spacial score (nSPS) is 11.1. The van der Waals surface area contributed by atoms with Crippen molar-refractivity contribution in [3.63, 3.8) is 0 Å². The van der Waals surface area contributed by atoms with Gasteiger partial charge in [-0.15, -0.1) is 0 Å². The molecule has 13 heteroatoms. The van der Waals surface area contributed by atoms with Gasteiger partial charge >= 0.3 is 25.7 Å². The first-order chi connectivity index (χ1) is 8.82. The molecule has 120 valence electrons. The third-order valence-corrected chi connectivity index (χ3v) is 1.22. The van der Waals surface area contributed by atoms with E-state index in [0.717, 1.165) is 0 Å². The number of phosphoric acid groups is 1. The molecule has 0 aliphatic carbocycles. The molecule has 0 radical (unpaired) electrons. The van der Waals surface area contributed by atoms with Crippen molar-refractivity contribution in [3.8, 4) is 0 Å². The van der Waals surface area contributed by atoms with Gasteiger partial charge in [0.15, 0.2) is 0 Å². The Bertz CT molecular complexity index is 333. The smallest absolute Gasteiger partial charge is 0.466 e. The fraction of sp³-hybridized carbons (Fsp3) is 0.571. The van der Waals surface area contributed by atoms with Crippen LogP contribution in [0.25, 0.3) is 0 Å². The maximum Gasteiger partial charge on any atom is 0.466 e. The number of hydrogen-bond acceptors (Lipinski definition) is 6. The second-order valence-electron chi connectivity index (χ2n) is 3.00. The molecule has 0 bridgehead atoms. The molecular weight excluding hydrogens is 303 g/mol. The van der Waals surface area contributed by atoms with Crippen LogP contribution in [0, 0.1) is 0 Å². The predicted molar refractivity (Wildman–Crippen MR) is 63.4 cm³/mol. The monoisotopic (exact) mass is 320 g/mol. The molecule has 0 rings (SSSR count). The number of carbonyl (C=O) groups is 3. The summed E-state index contributed by atoms with van der Waals surface area (Å²) in [5, 5.41) is 23.0. The van der Waals surface area contributed by atoms with E-state index in [9.17, 15) is 4.79 Å². The summed E-state index contributed by atoms with van der Waals surface area (Å²) < 4.78 is 8.88. The Balaban J connectivity index is -0.000000230. The molecule has 12 nitrogen and oxygen atoms in total. The van der Waals surface area contributed by atoms with Crippen molar-refractivity contribution in [3.05, 3.63) is 0 Å². The second-order valence-corrected chi connectivity index (χ2v) is 4.03. The van der Waals surface area contributed by atoms with E-state index >= 15 is 0 Å². The molecule has 1 atom stereocenters. The lowest BCUT2D eigenvalue weighted by molar-refractivity contribution is -0.159. The molecule has 0 amide bonds. The van der Waals surface area contributed by atoms with Gasteiger partial charge in [0, 0.05) is 0 Å². The molecular formula is C7H17N2O10P. The molecule has 0 unspecified atom stereocenters. The summed E-state index contributed by atoms with van der Waals surface area (Å²) in [5.74, 6) is -4.60. The largest absolute Gasteiger partial charge is 0.480 e. The zero-order valence-electron chi connectivity index (χ0n) is 10.1. The van der Waals surface area contributed by atoms with Crippen LogP contribution in [0.5, 0.6) is 0 Å². The van der Waals surface area contributed by atoms with Gasteiger partial charge in [-0.05, 0) is 19.4 Å². The summed E-state index contributed by atoms with van der Waals surface area (Å²) in [6.07, 6.45) is 1.14. The standard InChI is InChI=1S/C5H12N2O2.C2H2O4.H3O4P/c6-3-1-2-4(7)5(8)9;3-1(4)2(5)6;1-5(2,3)4/h4H,1-3,6-7H2,(H,8,9);(H,3,4)(H,5,6);(H3,1,2,3,4)/t4-;;/m0../s1. The first kappa shape index (κ1) is 23.5. The third kappa shape index (κ3) is 36.0. The molecule has 0 aromatic heterocycles. The molecule has 20 heavy (non-hydrogen) atoms. The minimum Gasteiger partial charge on any atom is -0.480 e. The molecule has 0 aliphatic heterocycles. The van der Waals surface area contributed by atoms with Crippen molar-refractivity contribution >= 4 is 25.7 Å². The molecule has 0 spiro atoms. The highest BCUT2D eigenvalue weighted by Crippen LogP contribution is 2.25. The molecule has 0 saturated carbocycles. The summed E-state index contributed by atoms with van der Waals surface area (Å²) >= 11 is 0. The number of hydrogen-bond donors (Lipinski definition) is 8. The van der Waals surface area contributed by atoms with Crippen LogP contribution in [0.3, 0.4) is 0 Å². The summed E-state index contributed by atoms with van der Waals surface area (Å²) in [5.41, 5.74) is 10.3. The van der Waals surface area contributed by atoms with Gasteiger partial charge in [0.25, 0.3) is 0 Å². The van der Waals surface area contributed by atoms with E-state index in [0.29, 0.717) is 19.4 Å². The Hall–Kier alpha value is -1.56. The minimum atomic E-state index is -4.64. The van der Waals surface area contributed by atoms with Gasteiger partial charge in [-0.1, -0.05) is 0 Å². The first-order valence-electron chi connectivity index (χ1n) is 4.75.